The summed E-state index contributed by atoms with van der Waals surface area (Å²) in [6.45, 7) is 13.6. The SMILES string of the molecule is C=CC=C(C)C/C=C/C1C(C[n+]2ccc(-c3ccc(C(C)C)cc3)cc2C)c2ccccc2-c2cccc[n+]21. The molecule has 0 amide bonds. The Bertz CT molecular complexity index is 1520. The van der Waals surface area contributed by atoms with E-state index in [4.69, 9.17) is 0 Å². The van der Waals surface area contributed by atoms with Gasteiger partial charge in [-0.25, -0.2) is 4.57 Å². The van der Waals surface area contributed by atoms with E-state index < -0.39 is 0 Å². The number of nitrogens with zero attached hydrogens (tertiary/aromatic N) is 2. The van der Waals surface area contributed by atoms with Crippen molar-refractivity contribution in [2.45, 2.75) is 58.5 Å². The highest BCUT2D eigenvalue weighted by Gasteiger charge is 2.40. The summed E-state index contributed by atoms with van der Waals surface area (Å²) >= 11 is 0. The minimum Gasteiger partial charge on any atom is -0.202 e. The van der Waals surface area contributed by atoms with E-state index in [1.807, 2.05) is 6.08 Å². The standard InChI is InChI=1S/C37H40N2/c1-6-12-28(4)13-11-17-37-35(33-14-7-8-15-34(33)36-16-9-10-23-39(36)37)26-38-24-22-32(25-29(38)5)31-20-18-30(19-21-31)27(2)3/h6-12,14-25,27,35,37H,1,13,26H2,2-5H3/q+2/b17-11+,28-12?. The number of fused-ring (bicyclic) bond motifs is 3. The zero-order valence-corrected chi connectivity index (χ0v) is 23.7. The van der Waals surface area contributed by atoms with E-state index in [2.05, 4.69) is 153 Å². The van der Waals surface area contributed by atoms with Crippen LogP contribution < -0.4 is 9.13 Å². The molecule has 0 N–H and O–H groups in total. The van der Waals surface area contributed by atoms with Crippen molar-refractivity contribution in [1.82, 2.24) is 0 Å². The van der Waals surface area contributed by atoms with Crippen molar-refractivity contribution in [1.29, 1.82) is 0 Å². The number of allylic oxidation sites excluding steroid dienone is 5. The first-order valence-electron chi connectivity index (χ1n) is 14.1. The number of aromatic nitrogens is 2. The molecule has 0 fully saturated rings. The minimum atomic E-state index is 0.225. The highest BCUT2D eigenvalue weighted by Crippen LogP contribution is 2.39. The van der Waals surface area contributed by atoms with Gasteiger partial charge in [-0.1, -0.05) is 86.7 Å². The van der Waals surface area contributed by atoms with E-state index in [0.29, 0.717) is 11.8 Å². The van der Waals surface area contributed by atoms with Crippen molar-refractivity contribution in [3.8, 4) is 22.4 Å². The van der Waals surface area contributed by atoms with Crippen LogP contribution in [0.5, 0.6) is 0 Å². The lowest BCUT2D eigenvalue weighted by atomic mass is 9.82. The minimum absolute atomic E-state index is 0.225. The topological polar surface area (TPSA) is 7.76 Å². The van der Waals surface area contributed by atoms with Gasteiger partial charge in [0.2, 0.25) is 5.69 Å². The molecule has 3 heterocycles. The van der Waals surface area contributed by atoms with E-state index in [9.17, 15) is 0 Å². The lowest BCUT2D eigenvalue weighted by Crippen LogP contribution is -2.51. The number of hydrogen-bond donors (Lipinski definition) is 0. The van der Waals surface area contributed by atoms with Gasteiger partial charge in [0.1, 0.15) is 5.92 Å². The molecule has 0 saturated heterocycles. The Morgan fingerprint density at radius 3 is 2.44 bits per heavy atom. The van der Waals surface area contributed by atoms with Crippen LogP contribution in [0.2, 0.25) is 0 Å². The zero-order chi connectivity index (χ0) is 27.4. The maximum Gasteiger partial charge on any atom is 0.213 e. The molecule has 1 aliphatic heterocycles. The van der Waals surface area contributed by atoms with Gasteiger partial charge >= 0.3 is 0 Å². The number of pyridine rings is 2. The predicted molar refractivity (Wildman–Crippen MR) is 162 cm³/mol. The Morgan fingerprint density at radius 1 is 0.923 bits per heavy atom. The Hall–Kier alpha value is -4.04. The molecule has 39 heavy (non-hydrogen) atoms. The van der Waals surface area contributed by atoms with Crippen molar-refractivity contribution in [3.05, 3.63) is 145 Å². The summed E-state index contributed by atoms with van der Waals surface area (Å²) in [4.78, 5) is 0. The third-order valence-electron chi connectivity index (χ3n) is 7.99. The molecule has 5 rings (SSSR count). The quantitative estimate of drug-likeness (QED) is 0.127. The zero-order valence-electron chi connectivity index (χ0n) is 23.7. The summed E-state index contributed by atoms with van der Waals surface area (Å²) < 4.78 is 4.88. The summed E-state index contributed by atoms with van der Waals surface area (Å²) in [5, 5.41) is 0. The van der Waals surface area contributed by atoms with Crippen LogP contribution in [0.4, 0.5) is 0 Å². The van der Waals surface area contributed by atoms with Gasteiger partial charge in [-0.3, -0.25) is 0 Å². The first-order valence-corrected chi connectivity index (χ1v) is 14.1. The van der Waals surface area contributed by atoms with Gasteiger partial charge in [-0.15, -0.1) is 0 Å². The molecule has 2 nitrogen and oxygen atoms in total. The van der Waals surface area contributed by atoms with Crippen molar-refractivity contribution < 1.29 is 9.13 Å². The van der Waals surface area contributed by atoms with Gasteiger partial charge < -0.3 is 0 Å². The number of benzene rings is 2. The Kier molecular flexibility index (Phi) is 8.02. The first-order chi connectivity index (χ1) is 19.0. The Labute approximate surface area is 234 Å². The van der Waals surface area contributed by atoms with Crippen LogP contribution >= 0.6 is 0 Å². The summed E-state index contributed by atoms with van der Waals surface area (Å²) in [6, 6.07) is 29.3. The van der Waals surface area contributed by atoms with Gasteiger partial charge in [-0.2, -0.15) is 4.57 Å². The summed E-state index contributed by atoms with van der Waals surface area (Å²) in [5.74, 6) is 0.852. The fourth-order valence-corrected chi connectivity index (χ4v) is 5.77. The van der Waals surface area contributed by atoms with E-state index in [1.165, 1.54) is 44.8 Å². The first kappa shape index (κ1) is 26.6. The van der Waals surface area contributed by atoms with Gasteiger partial charge in [0.15, 0.2) is 30.7 Å². The fourth-order valence-electron chi connectivity index (χ4n) is 5.77. The summed E-state index contributed by atoms with van der Waals surface area (Å²) in [6.07, 6.45) is 14.1. The smallest absolute Gasteiger partial charge is 0.202 e. The molecule has 4 aromatic rings. The maximum absolute atomic E-state index is 3.85. The average Bonchev–Trinajstić information content (AvgIpc) is 2.95. The molecule has 2 heteroatoms. The fraction of sp³-hybridized carbons (Fsp3) is 0.243. The largest absolute Gasteiger partial charge is 0.213 e. The van der Waals surface area contributed by atoms with Gasteiger partial charge in [0.05, 0.1) is 5.56 Å². The molecule has 2 atom stereocenters. The van der Waals surface area contributed by atoms with Crippen molar-refractivity contribution in [3.63, 3.8) is 0 Å². The Morgan fingerprint density at radius 2 is 1.69 bits per heavy atom. The van der Waals surface area contributed by atoms with E-state index in [0.717, 1.165) is 13.0 Å². The molecule has 2 aromatic heterocycles. The van der Waals surface area contributed by atoms with Gasteiger partial charge in [0, 0.05) is 31.2 Å². The number of hydrogen-bond acceptors (Lipinski definition) is 0. The van der Waals surface area contributed by atoms with Crippen molar-refractivity contribution >= 4 is 0 Å². The van der Waals surface area contributed by atoms with Crippen LogP contribution in [0.15, 0.2) is 128 Å². The molecule has 0 saturated carbocycles. The normalized spacial score (nSPS) is 16.8. The Balaban J connectivity index is 1.50. The second kappa shape index (κ2) is 11.8. The highest BCUT2D eigenvalue weighted by atomic mass is 15.0. The van der Waals surface area contributed by atoms with Crippen molar-refractivity contribution in [2.75, 3.05) is 0 Å². The summed E-state index contributed by atoms with van der Waals surface area (Å²) in [5.41, 5.74) is 10.5. The van der Waals surface area contributed by atoms with Crippen LogP contribution in [0, 0.1) is 6.92 Å². The lowest BCUT2D eigenvalue weighted by Gasteiger charge is -2.27. The van der Waals surface area contributed by atoms with Crippen molar-refractivity contribution in [2.24, 2.45) is 0 Å². The molecular formula is C37H40N2+2. The van der Waals surface area contributed by atoms with Gasteiger partial charge in [0.25, 0.3) is 0 Å². The van der Waals surface area contributed by atoms with E-state index in [-0.39, 0.29) is 6.04 Å². The van der Waals surface area contributed by atoms with E-state index >= 15 is 0 Å². The third kappa shape index (κ3) is 5.71. The molecular weight excluding hydrogens is 472 g/mol. The monoisotopic (exact) mass is 512 g/mol. The lowest BCUT2D eigenvalue weighted by molar-refractivity contribution is -0.739. The summed E-state index contributed by atoms with van der Waals surface area (Å²) in [7, 11) is 0. The molecule has 196 valence electrons. The maximum atomic E-state index is 3.85. The van der Waals surface area contributed by atoms with Crippen LogP contribution in [0.3, 0.4) is 0 Å². The number of aryl methyl sites for hydroxylation is 1. The van der Waals surface area contributed by atoms with Gasteiger partial charge in [-0.05, 0) is 59.7 Å². The van der Waals surface area contributed by atoms with Crippen LogP contribution in [-0.2, 0) is 6.54 Å². The van der Waals surface area contributed by atoms with Crippen LogP contribution in [0.1, 0.15) is 61.9 Å². The molecule has 2 unspecified atom stereocenters. The molecule has 0 bridgehead atoms. The molecule has 2 aromatic carbocycles. The second-order valence-electron chi connectivity index (χ2n) is 11.0. The molecule has 0 aliphatic carbocycles. The molecule has 0 radical (unpaired) electrons. The van der Waals surface area contributed by atoms with E-state index in [1.54, 1.807) is 0 Å². The highest BCUT2D eigenvalue weighted by molar-refractivity contribution is 5.64. The predicted octanol–water partition coefficient (Wildman–Crippen LogP) is 8.44. The molecule has 1 aliphatic rings. The molecule has 0 spiro atoms. The second-order valence-corrected chi connectivity index (χ2v) is 11.0. The number of rotatable bonds is 8. The van der Waals surface area contributed by atoms with Crippen LogP contribution in [-0.4, -0.2) is 0 Å². The third-order valence-corrected chi connectivity index (χ3v) is 7.99. The van der Waals surface area contributed by atoms with Crippen LogP contribution in [0.25, 0.3) is 22.4 Å². The average molecular weight is 513 g/mol.